The Bertz CT molecular complexity index is 731. The van der Waals surface area contributed by atoms with Crippen molar-refractivity contribution in [3.8, 4) is 28.8 Å². The van der Waals surface area contributed by atoms with E-state index in [1.165, 1.54) is 0 Å². The molecule has 5 heteroatoms. The summed E-state index contributed by atoms with van der Waals surface area (Å²) in [6, 6.07) is 13.6. The summed E-state index contributed by atoms with van der Waals surface area (Å²) in [6.45, 7) is 0. The summed E-state index contributed by atoms with van der Waals surface area (Å²) >= 11 is 11.6. The molecule has 0 aliphatic heterocycles. The topological polar surface area (TPSA) is 47.5 Å². The van der Waals surface area contributed by atoms with E-state index >= 15 is 0 Å². The summed E-state index contributed by atoms with van der Waals surface area (Å²) in [5, 5.41) is 13.0. The minimum Gasteiger partial charge on any atom is -0.417 e. The fourth-order valence-electron chi connectivity index (χ4n) is 1.77. The van der Waals surface area contributed by atoms with E-state index in [0.717, 1.165) is 0 Å². The Kier molecular flexibility index (Phi) is 3.38. The fraction of sp³-hybridized carbons (Fsp3) is 0. The van der Waals surface area contributed by atoms with Crippen molar-refractivity contribution in [1.29, 1.82) is 0 Å². The number of rotatable bonds is 2. The first-order valence-electron chi connectivity index (χ1n) is 5.79. The summed E-state index contributed by atoms with van der Waals surface area (Å²) in [5.41, 5.74) is 1.26. The fourth-order valence-corrected chi connectivity index (χ4v) is 2.02. The van der Waals surface area contributed by atoms with Crippen molar-refractivity contribution in [2.45, 2.75) is 0 Å². The van der Waals surface area contributed by atoms with E-state index in [1.807, 2.05) is 0 Å². The second kappa shape index (κ2) is 5.19. The molecule has 3 nitrogen and oxygen atoms in total. The zero-order chi connectivity index (χ0) is 14.1. The molecule has 0 amide bonds. The largest absolute Gasteiger partial charge is 0.417 e. The molecule has 0 atom stereocenters. The van der Waals surface area contributed by atoms with Gasteiger partial charge in [0.05, 0.1) is 5.56 Å². The van der Waals surface area contributed by atoms with Gasteiger partial charge in [-0.05, 0) is 48.5 Å². The summed E-state index contributed by atoms with van der Waals surface area (Å²) in [4.78, 5) is 0. The van der Waals surface area contributed by atoms with Crippen LogP contribution >= 0.6 is 23.2 Å². The molecular formula is C15H8Cl2O3. The normalized spacial score (nSPS) is 10.7. The molecule has 0 aliphatic rings. The molecule has 0 N–H and O–H groups in total. The molecule has 3 rings (SSSR count). The first-order chi connectivity index (χ1) is 9.63. The van der Waals surface area contributed by atoms with Crippen molar-refractivity contribution < 1.29 is 13.9 Å². The predicted molar refractivity (Wildman–Crippen MR) is 75.7 cm³/mol. The van der Waals surface area contributed by atoms with Crippen molar-refractivity contribution in [3.63, 3.8) is 0 Å². The van der Waals surface area contributed by atoms with Gasteiger partial charge in [-0.15, -0.1) is 0 Å². The maximum atomic E-state index is 11.8. The van der Waals surface area contributed by atoms with Crippen molar-refractivity contribution in [2.75, 3.05) is 0 Å². The molecule has 100 valence electrons. The minimum absolute atomic E-state index is 0.145. The van der Waals surface area contributed by atoms with Crippen LogP contribution in [0.4, 0.5) is 0 Å². The van der Waals surface area contributed by atoms with Crippen LogP contribution in [0.3, 0.4) is 0 Å². The van der Waals surface area contributed by atoms with Crippen molar-refractivity contribution in [2.24, 2.45) is 0 Å². The molecule has 0 saturated carbocycles. The summed E-state index contributed by atoms with van der Waals surface area (Å²) in [7, 11) is 0. The monoisotopic (exact) mass is 306 g/mol. The van der Waals surface area contributed by atoms with Gasteiger partial charge in [0.2, 0.25) is 5.76 Å². The van der Waals surface area contributed by atoms with Gasteiger partial charge < -0.3 is 8.83 Å². The highest BCUT2D eigenvalue weighted by molar-refractivity contribution is 6.30. The van der Waals surface area contributed by atoms with E-state index in [9.17, 15) is 5.11 Å². The molecule has 0 unspecified atom stereocenters. The first kappa shape index (κ1) is 13.0. The van der Waals surface area contributed by atoms with Crippen LogP contribution in [0.1, 0.15) is 0 Å². The van der Waals surface area contributed by atoms with Crippen LogP contribution in [0.5, 0.6) is 5.95 Å². The van der Waals surface area contributed by atoms with E-state index in [1.54, 1.807) is 48.5 Å². The van der Waals surface area contributed by atoms with E-state index in [0.29, 0.717) is 21.2 Å². The minimum atomic E-state index is -0.530. The Morgan fingerprint density at radius 2 is 1.30 bits per heavy atom. The molecule has 0 fully saturated rings. The van der Waals surface area contributed by atoms with Crippen LogP contribution in [-0.4, -0.2) is 0 Å². The highest BCUT2D eigenvalue weighted by atomic mass is 35.5. The Labute approximate surface area is 125 Å². The average molecular weight is 307 g/mol. The Morgan fingerprint density at radius 1 is 0.800 bits per heavy atom. The molecule has 0 saturated heterocycles. The first-order valence-corrected chi connectivity index (χ1v) is 6.55. The lowest BCUT2D eigenvalue weighted by atomic mass is 10.2. The van der Waals surface area contributed by atoms with Crippen LogP contribution in [0, 0.1) is 0 Å². The third-order valence-corrected chi connectivity index (χ3v) is 3.26. The van der Waals surface area contributed by atoms with Gasteiger partial charge in [-0.3, -0.25) is 0 Å². The molecule has 3 aromatic rings. The van der Waals surface area contributed by atoms with Gasteiger partial charge in [0, 0.05) is 15.6 Å². The lowest BCUT2D eigenvalue weighted by Gasteiger charge is -1.96. The van der Waals surface area contributed by atoms with Crippen LogP contribution in [0.15, 0.2) is 57.4 Å². The number of halogens is 2. The molecule has 0 spiro atoms. The van der Waals surface area contributed by atoms with E-state index < -0.39 is 5.95 Å². The van der Waals surface area contributed by atoms with Gasteiger partial charge in [0.15, 0.2) is 0 Å². The van der Waals surface area contributed by atoms with E-state index in [4.69, 9.17) is 32.0 Å². The zero-order valence-corrected chi connectivity index (χ0v) is 11.6. The van der Waals surface area contributed by atoms with E-state index in [-0.39, 0.29) is 11.7 Å². The van der Waals surface area contributed by atoms with Crippen LogP contribution in [0.2, 0.25) is 10.0 Å². The molecule has 0 aliphatic carbocycles. The molecular weight excluding hydrogens is 299 g/mol. The Hall–Kier alpha value is -1.97. The SMILES string of the molecule is [O-]c1[o+]c(-c2ccc(Cl)cc2)oc1-c1ccc(Cl)cc1. The van der Waals surface area contributed by atoms with E-state index in [2.05, 4.69) is 0 Å². The molecule has 0 radical (unpaired) electrons. The van der Waals surface area contributed by atoms with Crippen LogP contribution in [-0.2, 0) is 0 Å². The number of benzene rings is 2. The van der Waals surface area contributed by atoms with Crippen LogP contribution in [0.25, 0.3) is 22.8 Å². The second-order valence-corrected chi connectivity index (χ2v) is 4.99. The highest BCUT2D eigenvalue weighted by Crippen LogP contribution is 2.35. The number of hydrogen-bond acceptors (Lipinski definition) is 2. The van der Waals surface area contributed by atoms with Gasteiger partial charge in [0.25, 0.3) is 0 Å². The summed E-state index contributed by atoms with van der Waals surface area (Å²) in [5.74, 6) is -0.236. The smallest absolute Gasteiger partial charge is 0.382 e. The van der Waals surface area contributed by atoms with Gasteiger partial charge in [-0.25, -0.2) is 5.11 Å². The van der Waals surface area contributed by atoms with Crippen LogP contribution < -0.4 is 5.11 Å². The maximum absolute atomic E-state index is 11.8. The molecule has 1 aromatic heterocycles. The lowest BCUT2D eigenvalue weighted by molar-refractivity contribution is -0.292. The summed E-state index contributed by atoms with van der Waals surface area (Å²) in [6.07, 6.45) is 0. The summed E-state index contributed by atoms with van der Waals surface area (Å²) < 4.78 is 10.6. The maximum Gasteiger partial charge on any atom is 0.382 e. The van der Waals surface area contributed by atoms with Crippen molar-refractivity contribution >= 4 is 23.2 Å². The molecule has 2 aromatic carbocycles. The quantitative estimate of drug-likeness (QED) is 0.635. The third-order valence-electron chi connectivity index (χ3n) is 2.75. The second-order valence-electron chi connectivity index (χ2n) is 4.12. The molecule has 0 bridgehead atoms. The van der Waals surface area contributed by atoms with Gasteiger partial charge in [-0.2, -0.15) is 0 Å². The Balaban J connectivity index is 2.02. The number of hydrogen-bond donors (Lipinski definition) is 0. The molecule has 1 heterocycles. The van der Waals surface area contributed by atoms with Gasteiger partial charge in [0.1, 0.15) is 0 Å². The zero-order valence-electron chi connectivity index (χ0n) is 10.1. The average Bonchev–Trinajstić information content (AvgIpc) is 2.82. The van der Waals surface area contributed by atoms with Crippen molar-refractivity contribution in [3.05, 3.63) is 58.6 Å². The van der Waals surface area contributed by atoms with Gasteiger partial charge in [-0.1, -0.05) is 23.2 Å². The standard InChI is InChI=1S/C15H8Cl2O3/c16-11-5-1-9(2-6-11)13-14(18)20-15(19-13)10-3-7-12(17)8-4-10/h1-8H. The molecule has 20 heavy (non-hydrogen) atoms. The predicted octanol–water partition coefficient (Wildman–Crippen LogP) is 4.87. The highest BCUT2D eigenvalue weighted by Gasteiger charge is 2.18. The lowest BCUT2D eigenvalue weighted by Crippen LogP contribution is -1.88. The van der Waals surface area contributed by atoms with Gasteiger partial charge >= 0.3 is 11.9 Å². The van der Waals surface area contributed by atoms with Crippen molar-refractivity contribution in [1.82, 2.24) is 0 Å². The third kappa shape index (κ3) is 2.50. The Morgan fingerprint density at radius 3 is 1.85 bits per heavy atom.